The lowest BCUT2D eigenvalue weighted by molar-refractivity contribution is 0.392. The number of aliphatic imine (C=N–C) groups is 1. The van der Waals surface area contributed by atoms with Gasteiger partial charge >= 0.3 is 0 Å². The molecule has 0 aliphatic carbocycles. The molecule has 1 atom stereocenters. The summed E-state index contributed by atoms with van der Waals surface area (Å²) in [6.07, 6.45) is 4.73. The Morgan fingerprint density at radius 3 is 3.00 bits per heavy atom. The summed E-state index contributed by atoms with van der Waals surface area (Å²) in [7, 11) is 1.80. The number of hydrogen-bond acceptors (Lipinski definition) is 5. The minimum atomic E-state index is 0.317. The van der Waals surface area contributed by atoms with E-state index in [0.29, 0.717) is 11.1 Å². The molecule has 1 aliphatic heterocycles. The first-order valence-electron chi connectivity index (χ1n) is 9.33. The highest BCUT2D eigenvalue weighted by atomic mass is 35.5. The molecule has 0 aromatic carbocycles. The van der Waals surface area contributed by atoms with Gasteiger partial charge in [-0.2, -0.15) is 0 Å². The standard InChI is InChI=1S/C19H27ClN6O/c1-13-16(14(2)27-25-13)6-4-10-23-19(21-3)24-15-8-11-26(12-15)18-17(20)7-5-9-22-18/h5,7,9,15H,4,6,8,10-12H2,1-3H3,(H2,21,23,24). The van der Waals surface area contributed by atoms with Crippen LogP contribution in [0.3, 0.4) is 0 Å². The van der Waals surface area contributed by atoms with Crippen molar-refractivity contribution in [3.05, 3.63) is 40.4 Å². The monoisotopic (exact) mass is 390 g/mol. The summed E-state index contributed by atoms with van der Waals surface area (Å²) < 4.78 is 5.21. The molecule has 3 heterocycles. The van der Waals surface area contributed by atoms with Gasteiger partial charge in [-0.05, 0) is 45.2 Å². The molecule has 1 saturated heterocycles. The number of hydrogen-bond donors (Lipinski definition) is 2. The molecule has 146 valence electrons. The van der Waals surface area contributed by atoms with Crippen LogP contribution in [0.25, 0.3) is 0 Å². The van der Waals surface area contributed by atoms with E-state index in [4.69, 9.17) is 16.1 Å². The fourth-order valence-corrected chi connectivity index (χ4v) is 3.64. The molecule has 0 amide bonds. The Labute approximate surface area is 165 Å². The molecule has 3 rings (SSSR count). The van der Waals surface area contributed by atoms with Gasteiger partial charge in [0, 0.05) is 44.5 Å². The molecule has 8 heteroatoms. The van der Waals surface area contributed by atoms with Gasteiger partial charge in [0.2, 0.25) is 0 Å². The average Bonchev–Trinajstić information content (AvgIpc) is 3.25. The van der Waals surface area contributed by atoms with Crippen molar-refractivity contribution in [2.24, 2.45) is 4.99 Å². The van der Waals surface area contributed by atoms with Crippen molar-refractivity contribution in [2.45, 2.75) is 39.2 Å². The average molecular weight is 391 g/mol. The fraction of sp³-hybridized carbons (Fsp3) is 0.526. The number of halogens is 1. The predicted molar refractivity (Wildman–Crippen MR) is 109 cm³/mol. The van der Waals surface area contributed by atoms with Gasteiger partial charge < -0.3 is 20.1 Å². The topological polar surface area (TPSA) is 78.6 Å². The van der Waals surface area contributed by atoms with Crippen LogP contribution in [0.5, 0.6) is 0 Å². The normalized spacial score (nSPS) is 17.4. The molecule has 2 aromatic heterocycles. The number of aromatic nitrogens is 2. The molecule has 2 aromatic rings. The summed E-state index contributed by atoms with van der Waals surface area (Å²) in [4.78, 5) is 11.0. The fourth-order valence-electron chi connectivity index (χ4n) is 3.40. The van der Waals surface area contributed by atoms with Crippen LogP contribution in [0.15, 0.2) is 27.8 Å². The number of aryl methyl sites for hydroxylation is 2. The van der Waals surface area contributed by atoms with Gasteiger partial charge in [0.05, 0.1) is 10.7 Å². The van der Waals surface area contributed by atoms with E-state index in [0.717, 1.165) is 62.1 Å². The number of nitrogens with one attached hydrogen (secondary N) is 2. The first-order valence-corrected chi connectivity index (χ1v) is 9.70. The van der Waals surface area contributed by atoms with E-state index in [1.807, 2.05) is 26.0 Å². The van der Waals surface area contributed by atoms with Crippen LogP contribution in [0.2, 0.25) is 5.02 Å². The lowest BCUT2D eigenvalue weighted by atomic mass is 10.1. The first-order chi connectivity index (χ1) is 13.1. The zero-order valence-electron chi connectivity index (χ0n) is 16.1. The third-order valence-electron chi connectivity index (χ3n) is 4.87. The van der Waals surface area contributed by atoms with Crippen molar-refractivity contribution >= 4 is 23.4 Å². The zero-order chi connectivity index (χ0) is 19.2. The molecule has 1 aliphatic rings. The van der Waals surface area contributed by atoms with Gasteiger partial charge in [0.1, 0.15) is 11.6 Å². The highest BCUT2D eigenvalue weighted by Crippen LogP contribution is 2.25. The maximum atomic E-state index is 6.26. The van der Waals surface area contributed by atoms with Gasteiger partial charge in [0.25, 0.3) is 0 Å². The molecular formula is C19H27ClN6O. The Hall–Kier alpha value is -2.28. The van der Waals surface area contributed by atoms with Crippen LogP contribution in [-0.2, 0) is 6.42 Å². The van der Waals surface area contributed by atoms with Gasteiger partial charge in [-0.15, -0.1) is 0 Å². The van der Waals surface area contributed by atoms with Gasteiger partial charge in [-0.3, -0.25) is 4.99 Å². The van der Waals surface area contributed by atoms with E-state index < -0.39 is 0 Å². The van der Waals surface area contributed by atoms with E-state index in [-0.39, 0.29) is 0 Å². The second kappa shape index (κ2) is 9.08. The number of guanidine groups is 1. The summed E-state index contributed by atoms with van der Waals surface area (Å²) in [5, 5.41) is 11.6. The van der Waals surface area contributed by atoms with Crippen molar-refractivity contribution in [1.29, 1.82) is 0 Å². The maximum Gasteiger partial charge on any atom is 0.191 e. The van der Waals surface area contributed by atoms with Crippen LogP contribution < -0.4 is 15.5 Å². The van der Waals surface area contributed by atoms with E-state index in [9.17, 15) is 0 Å². The summed E-state index contributed by atoms with van der Waals surface area (Å²) in [5.74, 6) is 2.59. The van der Waals surface area contributed by atoms with Gasteiger partial charge in [0.15, 0.2) is 5.96 Å². The quantitative estimate of drug-likeness (QED) is 0.448. The molecular weight excluding hydrogens is 364 g/mol. The number of nitrogens with zero attached hydrogens (tertiary/aromatic N) is 4. The molecule has 0 bridgehead atoms. The SMILES string of the molecule is CN=C(NCCCc1c(C)noc1C)NC1CCN(c2ncccc2Cl)C1. The van der Waals surface area contributed by atoms with Crippen molar-refractivity contribution in [2.75, 3.05) is 31.6 Å². The first kappa shape index (κ1) is 19.5. The van der Waals surface area contributed by atoms with E-state index in [1.165, 1.54) is 5.56 Å². The van der Waals surface area contributed by atoms with Crippen LogP contribution >= 0.6 is 11.6 Å². The minimum Gasteiger partial charge on any atom is -0.361 e. The van der Waals surface area contributed by atoms with Crippen LogP contribution in [0.1, 0.15) is 29.9 Å². The second-order valence-electron chi connectivity index (χ2n) is 6.79. The second-order valence-corrected chi connectivity index (χ2v) is 7.20. The van der Waals surface area contributed by atoms with E-state index in [1.54, 1.807) is 13.2 Å². The van der Waals surface area contributed by atoms with Crippen LogP contribution in [0, 0.1) is 13.8 Å². The summed E-state index contributed by atoms with van der Waals surface area (Å²) >= 11 is 6.26. The molecule has 2 N–H and O–H groups in total. The van der Waals surface area contributed by atoms with Gasteiger partial charge in [-0.1, -0.05) is 16.8 Å². The third-order valence-corrected chi connectivity index (χ3v) is 5.16. The predicted octanol–water partition coefficient (Wildman–Crippen LogP) is 2.72. The molecule has 7 nitrogen and oxygen atoms in total. The molecule has 0 radical (unpaired) electrons. The zero-order valence-corrected chi connectivity index (χ0v) is 16.9. The van der Waals surface area contributed by atoms with Crippen LogP contribution in [-0.4, -0.2) is 48.8 Å². The van der Waals surface area contributed by atoms with Crippen molar-refractivity contribution in [3.63, 3.8) is 0 Å². The molecule has 0 saturated carbocycles. The molecule has 1 unspecified atom stereocenters. The Bertz CT molecular complexity index is 771. The number of rotatable bonds is 6. The molecule has 0 spiro atoms. The Morgan fingerprint density at radius 1 is 1.44 bits per heavy atom. The highest BCUT2D eigenvalue weighted by molar-refractivity contribution is 6.32. The van der Waals surface area contributed by atoms with Crippen molar-refractivity contribution < 1.29 is 4.52 Å². The Kier molecular flexibility index (Phi) is 6.55. The van der Waals surface area contributed by atoms with Crippen molar-refractivity contribution in [1.82, 2.24) is 20.8 Å². The van der Waals surface area contributed by atoms with Crippen LogP contribution in [0.4, 0.5) is 5.82 Å². The summed E-state index contributed by atoms with van der Waals surface area (Å²) in [6, 6.07) is 4.05. The lowest BCUT2D eigenvalue weighted by Crippen LogP contribution is -2.45. The van der Waals surface area contributed by atoms with E-state index >= 15 is 0 Å². The van der Waals surface area contributed by atoms with Crippen molar-refractivity contribution in [3.8, 4) is 0 Å². The maximum absolute atomic E-state index is 6.26. The lowest BCUT2D eigenvalue weighted by Gasteiger charge is -2.20. The third kappa shape index (κ3) is 4.91. The Balaban J connectivity index is 1.44. The largest absolute Gasteiger partial charge is 0.361 e. The number of anilines is 1. The van der Waals surface area contributed by atoms with E-state index in [2.05, 4.69) is 30.7 Å². The minimum absolute atomic E-state index is 0.317. The molecule has 1 fully saturated rings. The number of pyridine rings is 1. The summed E-state index contributed by atoms with van der Waals surface area (Å²) in [6.45, 7) is 6.57. The summed E-state index contributed by atoms with van der Waals surface area (Å²) in [5.41, 5.74) is 2.19. The molecule has 27 heavy (non-hydrogen) atoms. The Morgan fingerprint density at radius 2 is 2.30 bits per heavy atom. The van der Waals surface area contributed by atoms with Gasteiger partial charge in [-0.25, -0.2) is 4.98 Å². The smallest absolute Gasteiger partial charge is 0.191 e. The highest BCUT2D eigenvalue weighted by Gasteiger charge is 2.25.